The van der Waals surface area contributed by atoms with Gasteiger partial charge in [-0.25, -0.2) is 0 Å². The Hall–Kier alpha value is -1.03. The molecule has 0 spiro atoms. The number of piperidine rings is 1. The minimum atomic E-state index is -0.223. The molecule has 1 aromatic rings. The van der Waals surface area contributed by atoms with Gasteiger partial charge in [-0.15, -0.1) is 24.7 Å². The van der Waals surface area contributed by atoms with Crippen molar-refractivity contribution in [3.05, 3.63) is 52.8 Å². The van der Waals surface area contributed by atoms with Gasteiger partial charge in [0.05, 0.1) is 5.76 Å². The standard InChI is InChI=1S/C11H12FN.C5H8O2.Ir/c12-10-6-4-9(5-7-10)11-3-1-2-8-13-11;1-4(6)3-5(2)7;/h4,6-7,11H,1-3,8H2;3,6H,1-2H3;/q-2;;/b;4-3-;. The minimum absolute atomic E-state index is 0. The van der Waals surface area contributed by atoms with Crippen LogP contribution in [0.1, 0.15) is 44.7 Å². The second-order valence-electron chi connectivity index (χ2n) is 4.78. The molecule has 5 heteroatoms. The fourth-order valence-electron chi connectivity index (χ4n) is 1.96. The number of nitrogens with zero attached hydrogens (tertiary/aromatic N) is 1. The van der Waals surface area contributed by atoms with Crippen molar-refractivity contribution in [3.8, 4) is 0 Å². The molecule has 0 amide bonds. The molecule has 1 N–H and O–H groups in total. The second-order valence-corrected chi connectivity index (χ2v) is 4.78. The second kappa shape index (κ2) is 10.7. The van der Waals surface area contributed by atoms with Crippen molar-refractivity contribution in [1.82, 2.24) is 0 Å². The van der Waals surface area contributed by atoms with Crippen LogP contribution in [0.3, 0.4) is 0 Å². The maximum absolute atomic E-state index is 12.6. The Morgan fingerprint density at radius 2 is 2.14 bits per heavy atom. The van der Waals surface area contributed by atoms with Gasteiger partial charge in [-0.3, -0.25) is 9.18 Å². The Bertz CT molecular complexity index is 450. The largest absolute Gasteiger partial charge is 0.657 e. The Morgan fingerprint density at radius 1 is 1.43 bits per heavy atom. The molecule has 1 atom stereocenters. The van der Waals surface area contributed by atoms with E-state index >= 15 is 0 Å². The summed E-state index contributed by atoms with van der Waals surface area (Å²) in [6.45, 7) is 3.79. The number of aliphatic hydroxyl groups is 1. The topological polar surface area (TPSA) is 51.4 Å². The van der Waals surface area contributed by atoms with Crippen LogP contribution in [0.25, 0.3) is 5.32 Å². The van der Waals surface area contributed by atoms with E-state index in [0.29, 0.717) is 0 Å². The van der Waals surface area contributed by atoms with Crippen LogP contribution in [-0.4, -0.2) is 17.4 Å². The zero-order valence-corrected chi connectivity index (χ0v) is 14.6. The van der Waals surface area contributed by atoms with Gasteiger partial charge in [-0.05, 0) is 13.8 Å². The number of halogens is 1. The first-order valence-corrected chi connectivity index (χ1v) is 6.70. The molecule has 3 nitrogen and oxygen atoms in total. The van der Waals surface area contributed by atoms with Crippen LogP contribution >= 0.6 is 0 Å². The Morgan fingerprint density at radius 3 is 2.52 bits per heavy atom. The first-order chi connectivity index (χ1) is 9.49. The van der Waals surface area contributed by atoms with E-state index in [2.05, 4.69) is 11.4 Å². The van der Waals surface area contributed by atoms with Crippen LogP contribution in [0.4, 0.5) is 4.39 Å². The van der Waals surface area contributed by atoms with Gasteiger partial charge in [0.1, 0.15) is 0 Å². The minimum Gasteiger partial charge on any atom is -0.657 e. The smallest absolute Gasteiger partial charge is 0.155 e. The van der Waals surface area contributed by atoms with Crippen LogP contribution in [0.15, 0.2) is 30.0 Å². The molecule has 119 valence electrons. The number of carbonyl (C=O) groups is 1. The maximum Gasteiger partial charge on any atom is 0.155 e. The Labute approximate surface area is 139 Å². The summed E-state index contributed by atoms with van der Waals surface area (Å²) in [4.78, 5) is 10.0. The normalized spacial score (nSPS) is 18.0. The average Bonchev–Trinajstić information content (AvgIpc) is 2.40. The number of benzene rings is 1. The molecule has 0 saturated carbocycles. The zero-order valence-electron chi connectivity index (χ0n) is 12.2. The van der Waals surface area contributed by atoms with Crippen LogP contribution in [-0.2, 0) is 24.9 Å². The molecule has 0 aliphatic carbocycles. The molecule has 1 aliphatic heterocycles. The molecule has 1 heterocycles. The summed E-state index contributed by atoms with van der Waals surface area (Å²) in [5.74, 6) is -0.285. The number of hydrogen-bond acceptors (Lipinski definition) is 2. The SMILES string of the molecule is CC(=O)/C=C(/C)O.Fc1c[c-]c(C2CCCC[N-]2)cc1.[Ir]. The number of rotatable bonds is 2. The molecule has 2 rings (SSSR count). The molecule has 0 bridgehead atoms. The van der Waals surface area contributed by atoms with Crippen molar-refractivity contribution in [2.45, 2.75) is 39.2 Å². The summed E-state index contributed by atoms with van der Waals surface area (Å²) in [6.07, 6.45) is 4.67. The third kappa shape index (κ3) is 8.76. The van der Waals surface area contributed by atoms with Gasteiger partial charge < -0.3 is 10.4 Å². The summed E-state index contributed by atoms with van der Waals surface area (Å²) in [5.41, 5.74) is 1.03. The number of ketones is 1. The number of hydrogen-bond donors (Lipinski definition) is 1. The van der Waals surface area contributed by atoms with Gasteiger partial charge in [0.2, 0.25) is 0 Å². The summed E-state index contributed by atoms with van der Waals surface area (Å²) in [7, 11) is 0. The van der Waals surface area contributed by atoms with Crippen molar-refractivity contribution >= 4 is 5.78 Å². The van der Waals surface area contributed by atoms with E-state index in [1.807, 2.05) is 0 Å². The first kappa shape index (κ1) is 20.0. The van der Waals surface area contributed by atoms with Gasteiger partial charge in [0, 0.05) is 32.0 Å². The van der Waals surface area contributed by atoms with Crippen LogP contribution in [0.2, 0.25) is 0 Å². The predicted octanol–water partition coefficient (Wildman–Crippen LogP) is 4.26. The van der Waals surface area contributed by atoms with Crippen molar-refractivity contribution in [2.24, 2.45) is 0 Å². The summed E-state index contributed by atoms with van der Waals surface area (Å²) in [6, 6.07) is 7.85. The molecule has 0 aromatic heterocycles. The van der Waals surface area contributed by atoms with Crippen LogP contribution < -0.4 is 0 Å². The maximum atomic E-state index is 12.6. The van der Waals surface area contributed by atoms with Crippen molar-refractivity contribution < 1.29 is 34.4 Å². The molecule has 1 aliphatic rings. The van der Waals surface area contributed by atoms with E-state index in [9.17, 15) is 9.18 Å². The Kier molecular flexibility index (Phi) is 10.1. The van der Waals surface area contributed by atoms with E-state index in [-0.39, 0.29) is 43.5 Å². The van der Waals surface area contributed by atoms with Crippen molar-refractivity contribution in [2.75, 3.05) is 6.54 Å². The Balaban J connectivity index is 0.000000436. The molecule has 21 heavy (non-hydrogen) atoms. The zero-order chi connectivity index (χ0) is 15.0. The molecular formula is C16H20FIrNO2-2. The molecule has 1 unspecified atom stereocenters. The molecule has 1 radical (unpaired) electrons. The van der Waals surface area contributed by atoms with Crippen molar-refractivity contribution in [3.63, 3.8) is 0 Å². The monoisotopic (exact) mass is 470 g/mol. The fourth-order valence-corrected chi connectivity index (χ4v) is 1.96. The molecule has 1 aromatic carbocycles. The predicted molar refractivity (Wildman–Crippen MR) is 77.1 cm³/mol. The van der Waals surface area contributed by atoms with Gasteiger partial charge in [-0.2, -0.15) is 17.7 Å². The van der Waals surface area contributed by atoms with Crippen LogP contribution in [0.5, 0.6) is 0 Å². The summed E-state index contributed by atoms with van der Waals surface area (Å²) >= 11 is 0. The van der Waals surface area contributed by atoms with Gasteiger partial charge in [-0.1, -0.05) is 19.3 Å². The van der Waals surface area contributed by atoms with Crippen LogP contribution in [0, 0.1) is 11.9 Å². The summed E-state index contributed by atoms with van der Waals surface area (Å²) in [5, 5.41) is 12.8. The first-order valence-electron chi connectivity index (χ1n) is 6.70. The molecule has 1 fully saturated rings. The van der Waals surface area contributed by atoms with E-state index in [1.54, 1.807) is 6.07 Å². The van der Waals surface area contributed by atoms with E-state index < -0.39 is 0 Å². The summed E-state index contributed by atoms with van der Waals surface area (Å²) < 4.78 is 12.6. The molecule has 1 saturated heterocycles. The van der Waals surface area contributed by atoms with E-state index in [1.165, 1.54) is 44.9 Å². The van der Waals surface area contributed by atoms with E-state index in [0.717, 1.165) is 18.5 Å². The number of allylic oxidation sites excluding steroid dienone is 2. The fraction of sp³-hybridized carbons (Fsp3) is 0.438. The number of aliphatic hydroxyl groups excluding tert-OH is 1. The quantitative estimate of drug-likeness (QED) is 0.400. The van der Waals surface area contributed by atoms with Gasteiger partial charge >= 0.3 is 0 Å². The van der Waals surface area contributed by atoms with E-state index in [4.69, 9.17) is 5.11 Å². The molecular weight excluding hydrogens is 449 g/mol. The average molecular weight is 470 g/mol. The van der Waals surface area contributed by atoms with Gasteiger partial charge in [0.15, 0.2) is 5.78 Å². The third-order valence-corrected chi connectivity index (χ3v) is 2.81. The van der Waals surface area contributed by atoms with Gasteiger partial charge in [0.25, 0.3) is 0 Å². The van der Waals surface area contributed by atoms with Crippen molar-refractivity contribution in [1.29, 1.82) is 0 Å². The number of carbonyl (C=O) groups excluding carboxylic acids is 1. The third-order valence-electron chi connectivity index (χ3n) is 2.81.